The Morgan fingerprint density at radius 3 is 2.50 bits per heavy atom. The number of benzene rings is 1. The normalized spacial score (nSPS) is 14.7. The Bertz CT molecular complexity index is 1280. The minimum atomic E-state index is -4.06. The molecule has 0 atom stereocenters. The number of nitrogens with one attached hydrogen (secondary N) is 1. The molecule has 0 aliphatic carbocycles. The fourth-order valence-electron chi connectivity index (χ4n) is 4.28. The van der Waals surface area contributed by atoms with Crippen molar-refractivity contribution < 1.29 is 17.6 Å². The van der Waals surface area contributed by atoms with Crippen molar-refractivity contribution in [3.05, 3.63) is 83.1 Å². The van der Waals surface area contributed by atoms with E-state index in [-0.39, 0.29) is 28.2 Å². The first kappa shape index (κ1) is 23.8. The molecule has 10 heteroatoms. The highest BCUT2D eigenvalue weighted by Gasteiger charge is 2.28. The topological polar surface area (TPSA) is 118 Å². The van der Waals surface area contributed by atoms with Gasteiger partial charge in [0.15, 0.2) is 5.03 Å². The van der Waals surface area contributed by atoms with Crippen molar-refractivity contribution in [1.82, 2.24) is 14.9 Å². The SMILES string of the molecule is Cc1c(S(N)(=O)=O)ncc(C(=O)N2CCC(c3ccc(F)cc3)CC2)c1NCc1cccnc1. The van der Waals surface area contributed by atoms with Gasteiger partial charge in [-0.1, -0.05) is 18.2 Å². The van der Waals surface area contributed by atoms with Gasteiger partial charge < -0.3 is 10.2 Å². The van der Waals surface area contributed by atoms with E-state index >= 15 is 0 Å². The Labute approximate surface area is 198 Å². The highest BCUT2D eigenvalue weighted by Crippen LogP contribution is 2.31. The minimum Gasteiger partial charge on any atom is -0.380 e. The number of nitrogens with zero attached hydrogens (tertiary/aromatic N) is 3. The number of halogens is 1. The molecule has 178 valence electrons. The Morgan fingerprint density at radius 2 is 1.88 bits per heavy atom. The van der Waals surface area contributed by atoms with Gasteiger partial charge in [0.2, 0.25) is 0 Å². The molecule has 0 bridgehead atoms. The Balaban J connectivity index is 1.56. The van der Waals surface area contributed by atoms with Crippen LogP contribution in [0.25, 0.3) is 0 Å². The van der Waals surface area contributed by atoms with Crippen LogP contribution in [0, 0.1) is 12.7 Å². The minimum absolute atomic E-state index is 0.234. The van der Waals surface area contributed by atoms with E-state index in [1.807, 2.05) is 6.07 Å². The Morgan fingerprint density at radius 1 is 1.18 bits per heavy atom. The number of piperidine rings is 1. The molecular formula is C24H26FN5O3S. The first-order valence-electron chi connectivity index (χ1n) is 10.9. The maximum atomic E-state index is 13.4. The molecule has 3 heterocycles. The zero-order valence-corrected chi connectivity index (χ0v) is 19.6. The fraction of sp³-hybridized carbons (Fsp3) is 0.292. The monoisotopic (exact) mass is 483 g/mol. The maximum Gasteiger partial charge on any atom is 0.257 e. The highest BCUT2D eigenvalue weighted by molar-refractivity contribution is 7.89. The van der Waals surface area contributed by atoms with Gasteiger partial charge in [-0.15, -0.1) is 0 Å². The number of primary sulfonamides is 1. The number of hydrogen-bond acceptors (Lipinski definition) is 6. The van der Waals surface area contributed by atoms with E-state index in [1.54, 1.807) is 42.4 Å². The van der Waals surface area contributed by atoms with E-state index in [4.69, 9.17) is 5.14 Å². The first-order valence-corrected chi connectivity index (χ1v) is 12.5. The number of rotatable bonds is 6. The summed E-state index contributed by atoms with van der Waals surface area (Å²) in [6, 6.07) is 10.2. The van der Waals surface area contributed by atoms with Crippen molar-refractivity contribution in [2.45, 2.75) is 37.3 Å². The number of aromatic nitrogens is 2. The average Bonchev–Trinajstić information content (AvgIpc) is 2.83. The largest absolute Gasteiger partial charge is 0.380 e. The second-order valence-electron chi connectivity index (χ2n) is 8.35. The van der Waals surface area contributed by atoms with E-state index in [9.17, 15) is 17.6 Å². The van der Waals surface area contributed by atoms with Crippen LogP contribution in [-0.4, -0.2) is 42.3 Å². The lowest BCUT2D eigenvalue weighted by atomic mass is 9.89. The van der Waals surface area contributed by atoms with Crippen molar-refractivity contribution in [2.75, 3.05) is 18.4 Å². The van der Waals surface area contributed by atoms with Crippen LogP contribution in [0.3, 0.4) is 0 Å². The number of sulfonamides is 1. The van der Waals surface area contributed by atoms with Crippen molar-refractivity contribution in [3.8, 4) is 0 Å². The third kappa shape index (κ3) is 5.23. The van der Waals surface area contributed by atoms with Gasteiger partial charge in [-0.3, -0.25) is 9.78 Å². The molecule has 3 aromatic rings. The molecule has 34 heavy (non-hydrogen) atoms. The summed E-state index contributed by atoms with van der Waals surface area (Å²) < 4.78 is 37.3. The summed E-state index contributed by atoms with van der Waals surface area (Å²) in [5, 5.41) is 8.25. The lowest BCUT2D eigenvalue weighted by Gasteiger charge is -2.33. The Hall–Kier alpha value is -3.37. The van der Waals surface area contributed by atoms with Crippen LogP contribution >= 0.6 is 0 Å². The van der Waals surface area contributed by atoms with E-state index in [2.05, 4.69) is 15.3 Å². The number of pyridine rings is 2. The first-order chi connectivity index (χ1) is 16.2. The third-order valence-corrected chi connectivity index (χ3v) is 7.04. The van der Waals surface area contributed by atoms with Crippen molar-refractivity contribution in [1.29, 1.82) is 0 Å². The number of anilines is 1. The maximum absolute atomic E-state index is 13.4. The second-order valence-corrected chi connectivity index (χ2v) is 9.83. The van der Waals surface area contributed by atoms with Gasteiger partial charge in [-0.25, -0.2) is 22.9 Å². The summed E-state index contributed by atoms with van der Waals surface area (Å²) in [6.45, 7) is 2.98. The molecule has 1 aliphatic rings. The van der Waals surface area contributed by atoms with Crippen LogP contribution < -0.4 is 10.5 Å². The van der Waals surface area contributed by atoms with Gasteiger partial charge >= 0.3 is 0 Å². The second kappa shape index (κ2) is 9.86. The molecule has 2 aromatic heterocycles. The molecular weight excluding hydrogens is 457 g/mol. The summed E-state index contributed by atoms with van der Waals surface area (Å²) >= 11 is 0. The molecule has 0 radical (unpaired) electrons. The lowest BCUT2D eigenvalue weighted by molar-refractivity contribution is 0.0713. The van der Waals surface area contributed by atoms with Gasteiger partial charge in [0, 0.05) is 43.8 Å². The molecule has 1 aliphatic heterocycles. The number of amides is 1. The standard InChI is InChI=1S/C24H26FN5O3S/c1-16-22(28-14-17-3-2-10-27-13-17)21(15-29-23(16)34(26,32)33)24(31)30-11-8-19(9-12-30)18-4-6-20(25)7-5-18/h2-7,10,13,15,19H,8-9,11-12,14H2,1H3,(H,28,29)(H2,26,32,33). The van der Waals surface area contributed by atoms with E-state index in [0.717, 1.165) is 24.0 Å². The molecule has 0 unspecified atom stereocenters. The van der Waals surface area contributed by atoms with Crippen LogP contribution in [0.4, 0.5) is 10.1 Å². The fourth-order valence-corrected chi connectivity index (χ4v) is 5.01. The van der Waals surface area contributed by atoms with Crippen LogP contribution in [0.1, 0.15) is 45.8 Å². The van der Waals surface area contributed by atoms with Crippen LogP contribution in [0.5, 0.6) is 0 Å². The molecule has 1 saturated heterocycles. The molecule has 8 nitrogen and oxygen atoms in total. The van der Waals surface area contributed by atoms with Gasteiger partial charge in [0.1, 0.15) is 5.82 Å². The third-order valence-electron chi connectivity index (χ3n) is 6.09. The van der Waals surface area contributed by atoms with Crippen LogP contribution in [0.15, 0.2) is 60.0 Å². The predicted octanol–water partition coefficient (Wildman–Crippen LogP) is 3.20. The number of nitrogens with two attached hydrogens (primary N) is 1. The van der Waals surface area contributed by atoms with Crippen molar-refractivity contribution in [2.24, 2.45) is 5.14 Å². The summed E-state index contributed by atoms with van der Waals surface area (Å²) in [5.74, 6) is -0.256. The molecule has 0 spiro atoms. The summed E-state index contributed by atoms with van der Waals surface area (Å²) in [6.07, 6.45) is 6.11. The van der Waals surface area contributed by atoms with E-state index in [1.165, 1.54) is 18.3 Å². The van der Waals surface area contributed by atoms with E-state index in [0.29, 0.717) is 30.9 Å². The van der Waals surface area contributed by atoms with Crippen LogP contribution in [-0.2, 0) is 16.6 Å². The number of hydrogen-bond donors (Lipinski definition) is 2. The summed E-state index contributed by atoms with van der Waals surface area (Å²) in [7, 11) is -4.06. The van der Waals surface area contributed by atoms with E-state index < -0.39 is 10.0 Å². The van der Waals surface area contributed by atoms with Gasteiger partial charge in [-0.2, -0.15) is 0 Å². The van der Waals surface area contributed by atoms with Crippen LogP contribution in [0.2, 0.25) is 0 Å². The van der Waals surface area contributed by atoms with Crippen molar-refractivity contribution in [3.63, 3.8) is 0 Å². The molecule has 0 saturated carbocycles. The molecule has 3 N–H and O–H groups in total. The zero-order valence-electron chi connectivity index (χ0n) is 18.7. The average molecular weight is 484 g/mol. The Kier molecular flexibility index (Phi) is 6.90. The van der Waals surface area contributed by atoms with Gasteiger partial charge in [0.05, 0.1) is 11.3 Å². The molecule has 4 rings (SSSR count). The molecule has 1 aromatic carbocycles. The summed E-state index contributed by atoms with van der Waals surface area (Å²) in [5.41, 5.74) is 2.89. The molecule has 1 fully saturated rings. The highest BCUT2D eigenvalue weighted by atomic mass is 32.2. The lowest BCUT2D eigenvalue weighted by Crippen LogP contribution is -2.38. The quantitative estimate of drug-likeness (QED) is 0.556. The van der Waals surface area contributed by atoms with Gasteiger partial charge in [0.25, 0.3) is 15.9 Å². The smallest absolute Gasteiger partial charge is 0.257 e. The zero-order chi connectivity index (χ0) is 24.3. The number of carbonyl (C=O) groups is 1. The number of carbonyl (C=O) groups excluding carboxylic acids is 1. The summed E-state index contributed by atoms with van der Waals surface area (Å²) in [4.78, 5) is 23.3. The predicted molar refractivity (Wildman–Crippen MR) is 126 cm³/mol. The number of likely N-dealkylation sites (tertiary alicyclic amines) is 1. The van der Waals surface area contributed by atoms with Gasteiger partial charge in [-0.05, 0) is 55.0 Å². The molecule has 1 amide bonds. The van der Waals surface area contributed by atoms with Crippen molar-refractivity contribution >= 4 is 21.6 Å².